The van der Waals surface area contributed by atoms with Gasteiger partial charge in [-0.05, 0) is 51.7 Å². The lowest BCUT2D eigenvalue weighted by molar-refractivity contribution is -0.119. The molecule has 7 nitrogen and oxygen atoms in total. The summed E-state index contributed by atoms with van der Waals surface area (Å²) in [6.45, 7) is 2.98. The fraction of sp³-hybridized carbons (Fsp3) is 0.316. The van der Waals surface area contributed by atoms with Crippen LogP contribution in [0.5, 0.6) is 0 Å². The number of cyclic esters (lactones) is 1. The normalized spacial score (nSPS) is 18.7. The van der Waals surface area contributed by atoms with Crippen LogP contribution in [-0.4, -0.2) is 40.7 Å². The van der Waals surface area contributed by atoms with Crippen LogP contribution in [0.3, 0.4) is 0 Å². The van der Waals surface area contributed by atoms with Gasteiger partial charge in [0.2, 0.25) is 5.91 Å². The van der Waals surface area contributed by atoms with Gasteiger partial charge >= 0.3 is 6.09 Å². The predicted molar refractivity (Wildman–Crippen MR) is 105 cm³/mol. The Labute approximate surface area is 165 Å². The number of anilines is 1. The molecule has 2 amide bonds. The third-order valence-electron chi connectivity index (χ3n) is 4.83. The maximum atomic E-state index is 12.1. The van der Waals surface area contributed by atoms with Crippen LogP contribution >= 0.6 is 15.9 Å². The first-order valence-corrected chi connectivity index (χ1v) is 9.54. The van der Waals surface area contributed by atoms with Gasteiger partial charge in [-0.1, -0.05) is 12.1 Å². The van der Waals surface area contributed by atoms with Crippen molar-refractivity contribution in [3.05, 3.63) is 46.5 Å². The van der Waals surface area contributed by atoms with Crippen LogP contribution in [0.15, 0.2) is 35.2 Å². The van der Waals surface area contributed by atoms with E-state index in [1.165, 1.54) is 12.5 Å². The van der Waals surface area contributed by atoms with Gasteiger partial charge < -0.3 is 14.6 Å². The number of nitrogens with zero attached hydrogens (tertiary/aromatic N) is 3. The molecule has 0 radical (unpaired) electrons. The summed E-state index contributed by atoms with van der Waals surface area (Å²) in [5.74, 6) is -0.126. The van der Waals surface area contributed by atoms with Crippen molar-refractivity contribution in [2.45, 2.75) is 25.9 Å². The van der Waals surface area contributed by atoms with E-state index in [-0.39, 0.29) is 24.6 Å². The summed E-state index contributed by atoms with van der Waals surface area (Å²) in [5.41, 5.74) is 4.18. The summed E-state index contributed by atoms with van der Waals surface area (Å²) in [5, 5.41) is 2.75. The lowest BCUT2D eigenvalue weighted by atomic mass is 9.99. The SMILES string of the molecule is CC(=O)NCC1COC(=O)N1c1ccc(C2=Cc3c(Br)ncn3CC2)cc1. The van der Waals surface area contributed by atoms with Gasteiger partial charge in [-0.3, -0.25) is 9.69 Å². The monoisotopic (exact) mass is 430 g/mol. The van der Waals surface area contributed by atoms with Gasteiger partial charge in [0.1, 0.15) is 11.2 Å². The van der Waals surface area contributed by atoms with Crippen LogP contribution in [0.4, 0.5) is 10.5 Å². The molecule has 2 aliphatic rings. The molecule has 0 aliphatic carbocycles. The molecule has 2 aliphatic heterocycles. The number of carbonyl (C=O) groups excluding carboxylic acids is 2. The number of hydrogen-bond donors (Lipinski definition) is 1. The Hall–Kier alpha value is -2.61. The van der Waals surface area contributed by atoms with Crippen LogP contribution in [0.1, 0.15) is 24.6 Å². The zero-order valence-electron chi connectivity index (χ0n) is 14.8. The molecule has 3 heterocycles. The van der Waals surface area contributed by atoms with E-state index in [0.717, 1.165) is 34.5 Å². The van der Waals surface area contributed by atoms with E-state index in [0.29, 0.717) is 6.54 Å². The van der Waals surface area contributed by atoms with Crippen LogP contribution in [0.25, 0.3) is 11.6 Å². The highest BCUT2D eigenvalue weighted by Crippen LogP contribution is 2.32. The second-order valence-electron chi connectivity index (χ2n) is 6.62. The Morgan fingerprint density at radius 3 is 2.89 bits per heavy atom. The average molecular weight is 431 g/mol. The van der Waals surface area contributed by atoms with E-state index in [2.05, 4.69) is 36.9 Å². The quantitative estimate of drug-likeness (QED) is 0.808. The molecule has 1 saturated heterocycles. The Morgan fingerprint density at radius 1 is 1.37 bits per heavy atom. The first-order valence-electron chi connectivity index (χ1n) is 8.75. The molecule has 0 spiro atoms. The van der Waals surface area contributed by atoms with Crippen molar-refractivity contribution in [2.75, 3.05) is 18.1 Å². The number of aromatic nitrogens is 2. The summed E-state index contributed by atoms with van der Waals surface area (Å²) in [6, 6.07) is 7.67. The zero-order chi connectivity index (χ0) is 19.0. The van der Waals surface area contributed by atoms with Crippen LogP contribution < -0.4 is 10.2 Å². The molecule has 8 heteroatoms. The summed E-state index contributed by atoms with van der Waals surface area (Å²) >= 11 is 3.48. The third kappa shape index (κ3) is 3.49. The number of benzene rings is 1. The minimum atomic E-state index is -0.386. The van der Waals surface area contributed by atoms with E-state index in [1.807, 2.05) is 30.6 Å². The smallest absolute Gasteiger partial charge is 0.414 e. The van der Waals surface area contributed by atoms with E-state index >= 15 is 0 Å². The molecule has 27 heavy (non-hydrogen) atoms. The number of halogens is 1. The van der Waals surface area contributed by atoms with E-state index < -0.39 is 0 Å². The lowest BCUT2D eigenvalue weighted by Crippen LogP contribution is -2.42. The number of carbonyl (C=O) groups is 2. The molecule has 1 fully saturated rings. The Bertz CT molecular complexity index is 920. The van der Waals surface area contributed by atoms with Gasteiger partial charge in [0.15, 0.2) is 0 Å². The maximum absolute atomic E-state index is 12.1. The topological polar surface area (TPSA) is 76.5 Å². The molecule has 1 atom stereocenters. The summed E-state index contributed by atoms with van der Waals surface area (Å²) in [7, 11) is 0. The number of aryl methyl sites for hydroxylation is 1. The van der Waals surface area contributed by atoms with Crippen molar-refractivity contribution < 1.29 is 14.3 Å². The maximum Gasteiger partial charge on any atom is 0.414 e. The van der Waals surface area contributed by atoms with Crippen LogP contribution in [0, 0.1) is 0 Å². The minimum Gasteiger partial charge on any atom is -0.447 e. The standard InChI is InChI=1S/C19H19BrN4O3/c1-12(25)21-9-16-10-27-19(26)24(16)15-4-2-13(3-5-15)14-6-7-23-11-22-18(20)17(23)8-14/h2-5,8,11,16H,6-7,9-10H2,1H3,(H,21,25). The van der Waals surface area contributed by atoms with Gasteiger partial charge in [0.25, 0.3) is 0 Å². The minimum absolute atomic E-state index is 0.126. The Morgan fingerprint density at radius 2 is 2.15 bits per heavy atom. The number of imidazole rings is 1. The molecule has 1 aromatic heterocycles. The molecule has 1 unspecified atom stereocenters. The van der Waals surface area contributed by atoms with Gasteiger partial charge in [-0.2, -0.15) is 0 Å². The Balaban J connectivity index is 1.55. The first-order chi connectivity index (χ1) is 13.0. The molecular formula is C19H19BrN4O3. The molecule has 2 aromatic rings. The predicted octanol–water partition coefficient (Wildman–Crippen LogP) is 3.05. The lowest BCUT2D eigenvalue weighted by Gasteiger charge is -2.22. The molecule has 1 N–H and O–H groups in total. The molecular weight excluding hydrogens is 412 g/mol. The summed E-state index contributed by atoms with van der Waals surface area (Å²) in [4.78, 5) is 29.2. The van der Waals surface area contributed by atoms with Crippen molar-refractivity contribution >= 4 is 45.3 Å². The first kappa shape index (κ1) is 17.8. The molecule has 4 rings (SSSR count). The fourth-order valence-corrected chi connectivity index (χ4v) is 3.85. The van der Waals surface area contributed by atoms with Crippen molar-refractivity contribution in [3.8, 4) is 0 Å². The zero-order valence-corrected chi connectivity index (χ0v) is 16.4. The highest BCUT2D eigenvalue weighted by molar-refractivity contribution is 9.10. The third-order valence-corrected chi connectivity index (χ3v) is 5.44. The van der Waals surface area contributed by atoms with Crippen molar-refractivity contribution in [1.82, 2.24) is 14.9 Å². The number of rotatable bonds is 4. The number of allylic oxidation sites excluding steroid dienone is 1. The summed E-state index contributed by atoms with van der Waals surface area (Å²) in [6.07, 6.45) is 4.51. The number of nitrogens with one attached hydrogen (secondary N) is 1. The van der Waals surface area contributed by atoms with E-state index in [4.69, 9.17) is 4.74 Å². The van der Waals surface area contributed by atoms with E-state index in [1.54, 1.807) is 4.90 Å². The van der Waals surface area contributed by atoms with Crippen molar-refractivity contribution in [1.29, 1.82) is 0 Å². The highest BCUT2D eigenvalue weighted by Gasteiger charge is 2.34. The largest absolute Gasteiger partial charge is 0.447 e. The van der Waals surface area contributed by atoms with Gasteiger partial charge in [-0.25, -0.2) is 9.78 Å². The molecule has 1 aromatic carbocycles. The van der Waals surface area contributed by atoms with Gasteiger partial charge in [0.05, 0.1) is 18.1 Å². The number of ether oxygens (including phenoxy) is 1. The summed E-state index contributed by atoms with van der Waals surface area (Å²) < 4.78 is 8.13. The highest BCUT2D eigenvalue weighted by atomic mass is 79.9. The Kier molecular flexibility index (Phi) is 4.73. The molecule has 140 valence electrons. The second-order valence-corrected chi connectivity index (χ2v) is 7.37. The number of fused-ring (bicyclic) bond motifs is 1. The fourth-order valence-electron chi connectivity index (χ4n) is 3.42. The molecule has 0 saturated carbocycles. The van der Waals surface area contributed by atoms with Gasteiger partial charge in [0, 0.05) is 25.7 Å². The van der Waals surface area contributed by atoms with Crippen LogP contribution in [0.2, 0.25) is 0 Å². The van der Waals surface area contributed by atoms with Crippen LogP contribution in [-0.2, 0) is 16.1 Å². The average Bonchev–Trinajstić information content (AvgIpc) is 3.22. The molecule has 0 bridgehead atoms. The van der Waals surface area contributed by atoms with Crippen molar-refractivity contribution in [3.63, 3.8) is 0 Å². The van der Waals surface area contributed by atoms with Gasteiger partial charge in [-0.15, -0.1) is 0 Å². The van der Waals surface area contributed by atoms with Crippen molar-refractivity contribution in [2.24, 2.45) is 0 Å². The number of amides is 2. The van der Waals surface area contributed by atoms with E-state index in [9.17, 15) is 9.59 Å². The number of hydrogen-bond acceptors (Lipinski definition) is 4. The second kappa shape index (κ2) is 7.19.